The molecule has 0 fully saturated rings. The molecule has 2 N–H and O–H groups in total. The third kappa shape index (κ3) is 1.57. The third-order valence-corrected chi connectivity index (χ3v) is 1.47. The predicted molar refractivity (Wildman–Crippen MR) is 44.8 cm³/mol. The summed E-state index contributed by atoms with van der Waals surface area (Å²) < 4.78 is 0. The van der Waals surface area contributed by atoms with Gasteiger partial charge in [0.25, 0.3) is 0 Å². The summed E-state index contributed by atoms with van der Waals surface area (Å²) in [5.41, 5.74) is 7.22. The second-order valence-corrected chi connectivity index (χ2v) is 2.37. The van der Waals surface area contributed by atoms with E-state index in [9.17, 15) is 0 Å². The van der Waals surface area contributed by atoms with Gasteiger partial charge in [0.1, 0.15) is 5.69 Å². The fraction of sp³-hybridized carbons (Fsp3) is 0.222. The highest BCUT2D eigenvalue weighted by molar-refractivity contribution is 5.34. The highest BCUT2D eigenvalue weighted by Gasteiger charge is 2.03. The monoisotopic (exact) mass is 146 g/mol. The molecule has 1 rings (SSSR count). The van der Waals surface area contributed by atoms with Crippen LogP contribution >= 0.6 is 0 Å². The molecule has 0 unspecified atom stereocenters. The predicted octanol–water partition coefficient (Wildman–Crippen LogP) is 1.08. The Morgan fingerprint density at radius 3 is 2.91 bits per heavy atom. The number of pyridine rings is 1. The van der Waals surface area contributed by atoms with Gasteiger partial charge >= 0.3 is 0 Å². The van der Waals surface area contributed by atoms with Gasteiger partial charge in [-0.3, -0.25) is 0 Å². The van der Waals surface area contributed by atoms with Crippen molar-refractivity contribution in [2.45, 2.75) is 13.0 Å². The van der Waals surface area contributed by atoms with E-state index < -0.39 is 0 Å². The standard InChI is InChI=1S/C9H10N2/c1-3-9-8(7(2)10)5-4-6-11-9/h1,4-7H,10H2,2H3/t7-/m1/s1. The van der Waals surface area contributed by atoms with Crippen LogP contribution in [0.5, 0.6) is 0 Å². The Balaban J connectivity index is 3.15. The van der Waals surface area contributed by atoms with Gasteiger partial charge in [0, 0.05) is 17.8 Å². The minimum Gasteiger partial charge on any atom is -0.324 e. The van der Waals surface area contributed by atoms with E-state index in [1.165, 1.54) is 0 Å². The number of aromatic nitrogens is 1. The van der Waals surface area contributed by atoms with E-state index in [1.54, 1.807) is 6.20 Å². The lowest BCUT2D eigenvalue weighted by molar-refractivity contribution is 0.807. The first-order valence-corrected chi connectivity index (χ1v) is 3.43. The van der Waals surface area contributed by atoms with Crippen LogP contribution in [0.4, 0.5) is 0 Å². The number of rotatable bonds is 1. The molecular weight excluding hydrogens is 136 g/mol. The molecule has 0 aliphatic rings. The quantitative estimate of drug-likeness (QED) is 0.602. The summed E-state index contributed by atoms with van der Waals surface area (Å²) in [6.07, 6.45) is 6.89. The van der Waals surface area contributed by atoms with Crippen LogP contribution in [0.2, 0.25) is 0 Å². The molecule has 1 heterocycles. The minimum absolute atomic E-state index is 0.0465. The van der Waals surface area contributed by atoms with E-state index in [0.29, 0.717) is 5.69 Å². The van der Waals surface area contributed by atoms with E-state index >= 15 is 0 Å². The van der Waals surface area contributed by atoms with Crippen molar-refractivity contribution in [3.63, 3.8) is 0 Å². The fourth-order valence-electron chi connectivity index (χ4n) is 0.906. The molecule has 1 atom stereocenters. The summed E-state index contributed by atoms with van der Waals surface area (Å²) in [5, 5.41) is 0. The van der Waals surface area contributed by atoms with Gasteiger partial charge < -0.3 is 5.73 Å². The van der Waals surface area contributed by atoms with Crippen molar-refractivity contribution in [3.05, 3.63) is 29.6 Å². The van der Waals surface area contributed by atoms with Crippen LogP contribution in [-0.2, 0) is 0 Å². The molecule has 11 heavy (non-hydrogen) atoms. The largest absolute Gasteiger partial charge is 0.324 e. The van der Waals surface area contributed by atoms with Gasteiger partial charge in [0.2, 0.25) is 0 Å². The van der Waals surface area contributed by atoms with Gasteiger partial charge in [0.05, 0.1) is 0 Å². The third-order valence-electron chi connectivity index (χ3n) is 1.47. The van der Waals surface area contributed by atoms with E-state index in [2.05, 4.69) is 10.9 Å². The van der Waals surface area contributed by atoms with Crippen molar-refractivity contribution >= 4 is 0 Å². The second kappa shape index (κ2) is 3.18. The van der Waals surface area contributed by atoms with E-state index in [1.807, 2.05) is 19.1 Å². The maximum absolute atomic E-state index is 5.65. The average molecular weight is 146 g/mol. The highest BCUT2D eigenvalue weighted by Crippen LogP contribution is 2.11. The van der Waals surface area contributed by atoms with Gasteiger partial charge in [-0.1, -0.05) is 6.07 Å². The van der Waals surface area contributed by atoms with Crippen molar-refractivity contribution in [3.8, 4) is 12.3 Å². The zero-order valence-corrected chi connectivity index (χ0v) is 6.41. The molecule has 0 aliphatic carbocycles. The summed E-state index contributed by atoms with van der Waals surface area (Å²) in [4.78, 5) is 4.00. The van der Waals surface area contributed by atoms with E-state index in [0.717, 1.165) is 5.56 Å². The van der Waals surface area contributed by atoms with Gasteiger partial charge in [-0.05, 0) is 18.9 Å². The Kier molecular flexibility index (Phi) is 2.25. The number of hydrogen-bond acceptors (Lipinski definition) is 2. The number of nitrogens with zero attached hydrogens (tertiary/aromatic N) is 1. The molecule has 0 spiro atoms. The molecule has 0 bridgehead atoms. The molecule has 0 saturated carbocycles. The maximum atomic E-state index is 5.65. The minimum atomic E-state index is -0.0465. The lowest BCUT2D eigenvalue weighted by Gasteiger charge is -2.05. The van der Waals surface area contributed by atoms with Crippen molar-refractivity contribution in [1.82, 2.24) is 4.98 Å². The molecule has 56 valence electrons. The summed E-state index contributed by atoms with van der Waals surface area (Å²) in [6, 6.07) is 3.68. The van der Waals surface area contributed by atoms with Crippen LogP contribution in [0.3, 0.4) is 0 Å². The Bertz CT molecular complexity index is 284. The fourth-order valence-corrected chi connectivity index (χ4v) is 0.906. The summed E-state index contributed by atoms with van der Waals surface area (Å²) in [6.45, 7) is 1.89. The first-order chi connectivity index (χ1) is 5.25. The Hall–Kier alpha value is -1.33. The second-order valence-electron chi connectivity index (χ2n) is 2.37. The Morgan fingerprint density at radius 2 is 2.45 bits per heavy atom. The first kappa shape index (κ1) is 7.77. The number of hydrogen-bond donors (Lipinski definition) is 1. The van der Waals surface area contributed by atoms with Gasteiger partial charge in [-0.2, -0.15) is 0 Å². The van der Waals surface area contributed by atoms with Crippen LogP contribution in [0.15, 0.2) is 18.3 Å². The normalized spacial score (nSPS) is 12.1. The van der Waals surface area contributed by atoms with Crippen molar-refractivity contribution in [1.29, 1.82) is 0 Å². The molecule has 0 amide bonds. The molecule has 0 aromatic carbocycles. The smallest absolute Gasteiger partial charge is 0.117 e. The van der Waals surface area contributed by atoms with Gasteiger partial charge in [0.15, 0.2) is 0 Å². The molecule has 1 aromatic rings. The molecule has 0 radical (unpaired) electrons. The molecule has 0 saturated heterocycles. The topological polar surface area (TPSA) is 38.9 Å². The summed E-state index contributed by atoms with van der Waals surface area (Å²) in [5.74, 6) is 2.49. The number of nitrogens with two attached hydrogens (primary N) is 1. The number of terminal acetylenes is 1. The van der Waals surface area contributed by atoms with E-state index in [4.69, 9.17) is 12.2 Å². The molecule has 2 heteroatoms. The molecular formula is C9H10N2. The Labute approximate surface area is 66.4 Å². The SMILES string of the molecule is C#Cc1ncccc1[C@@H](C)N. The van der Waals surface area contributed by atoms with Crippen LogP contribution in [-0.4, -0.2) is 4.98 Å². The average Bonchev–Trinajstić information content (AvgIpc) is 2.04. The van der Waals surface area contributed by atoms with Crippen molar-refractivity contribution in [2.24, 2.45) is 5.73 Å². The Morgan fingerprint density at radius 1 is 1.73 bits per heavy atom. The van der Waals surface area contributed by atoms with Gasteiger partial charge in [-0.25, -0.2) is 4.98 Å². The van der Waals surface area contributed by atoms with Crippen LogP contribution in [0, 0.1) is 12.3 Å². The first-order valence-electron chi connectivity index (χ1n) is 3.43. The lowest BCUT2D eigenvalue weighted by atomic mass is 10.1. The zero-order valence-electron chi connectivity index (χ0n) is 6.41. The molecule has 1 aromatic heterocycles. The molecule has 0 aliphatic heterocycles. The lowest BCUT2D eigenvalue weighted by Crippen LogP contribution is -2.07. The van der Waals surface area contributed by atoms with Crippen LogP contribution in [0.1, 0.15) is 24.2 Å². The summed E-state index contributed by atoms with van der Waals surface area (Å²) in [7, 11) is 0. The van der Waals surface area contributed by atoms with Crippen molar-refractivity contribution < 1.29 is 0 Å². The zero-order chi connectivity index (χ0) is 8.27. The van der Waals surface area contributed by atoms with Crippen LogP contribution < -0.4 is 5.73 Å². The molecule has 2 nitrogen and oxygen atoms in total. The summed E-state index contributed by atoms with van der Waals surface area (Å²) >= 11 is 0. The van der Waals surface area contributed by atoms with Crippen molar-refractivity contribution in [2.75, 3.05) is 0 Å². The van der Waals surface area contributed by atoms with E-state index in [-0.39, 0.29) is 6.04 Å². The van der Waals surface area contributed by atoms with Crippen LogP contribution in [0.25, 0.3) is 0 Å². The van der Waals surface area contributed by atoms with Gasteiger partial charge in [-0.15, -0.1) is 6.42 Å². The highest BCUT2D eigenvalue weighted by atomic mass is 14.7. The maximum Gasteiger partial charge on any atom is 0.117 e.